The van der Waals surface area contributed by atoms with Gasteiger partial charge in [0.05, 0.1) is 29.9 Å². The van der Waals surface area contributed by atoms with E-state index in [2.05, 4.69) is 53.7 Å². The third-order valence-electron chi connectivity index (χ3n) is 6.97. The van der Waals surface area contributed by atoms with Crippen LogP contribution in [0.25, 0.3) is 22.3 Å². The van der Waals surface area contributed by atoms with Gasteiger partial charge in [0.25, 0.3) is 0 Å². The van der Waals surface area contributed by atoms with Crippen LogP contribution in [-0.4, -0.2) is 83.3 Å². The number of rotatable bonds is 6. The molecule has 2 fully saturated rings. The fourth-order valence-electron chi connectivity index (χ4n) is 4.85. The molecule has 1 aromatic carbocycles. The number of fused-ring (bicyclic) bond motifs is 1. The maximum absolute atomic E-state index is 11.7. The summed E-state index contributed by atoms with van der Waals surface area (Å²) in [4.78, 5) is 40.0. The lowest BCUT2D eigenvalue weighted by molar-refractivity contribution is -0.111. The van der Waals surface area contributed by atoms with Crippen LogP contribution < -0.4 is 25.8 Å². The van der Waals surface area contributed by atoms with E-state index in [1.165, 1.54) is 6.08 Å². The van der Waals surface area contributed by atoms with Crippen LogP contribution in [0.1, 0.15) is 0 Å². The van der Waals surface area contributed by atoms with Crippen molar-refractivity contribution in [3.8, 4) is 11.3 Å². The molecule has 0 saturated carbocycles. The van der Waals surface area contributed by atoms with Crippen LogP contribution in [0.2, 0.25) is 0 Å². The number of ether oxygens (including phenoxy) is 1. The number of nitrogens with one attached hydrogen (secondary N) is 2. The highest BCUT2D eigenvalue weighted by Gasteiger charge is 2.23. The van der Waals surface area contributed by atoms with Crippen molar-refractivity contribution in [1.29, 1.82) is 0 Å². The van der Waals surface area contributed by atoms with Crippen LogP contribution in [0.15, 0.2) is 55.4 Å². The predicted molar refractivity (Wildman–Crippen MR) is 152 cm³/mol. The molecule has 12 nitrogen and oxygen atoms in total. The highest BCUT2D eigenvalue weighted by molar-refractivity contribution is 6.00. The second kappa shape index (κ2) is 10.6. The first kappa shape index (κ1) is 24.6. The average Bonchev–Trinajstić information content (AvgIpc) is 3.41. The van der Waals surface area contributed by atoms with Gasteiger partial charge >= 0.3 is 0 Å². The Kier molecular flexibility index (Phi) is 6.68. The summed E-state index contributed by atoms with van der Waals surface area (Å²) in [5.41, 5.74) is 10.9. The van der Waals surface area contributed by atoms with E-state index in [0.717, 1.165) is 79.0 Å². The molecule has 1 amide bonds. The molecule has 0 atom stereocenters. The second-order valence-electron chi connectivity index (χ2n) is 9.46. The van der Waals surface area contributed by atoms with Crippen LogP contribution >= 0.6 is 0 Å². The van der Waals surface area contributed by atoms with Crippen molar-refractivity contribution in [3.05, 3.63) is 55.4 Å². The highest BCUT2D eigenvalue weighted by Crippen LogP contribution is 2.30. The number of nitrogen functional groups attached to an aromatic ring is 1. The number of aromatic nitrogens is 5. The lowest BCUT2D eigenvalue weighted by Crippen LogP contribution is -2.47. The number of aromatic amines is 1. The van der Waals surface area contributed by atoms with Gasteiger partial charge < -0.3 is 35.5 Å². The van der Waals surface area contributed by atoms with E-state index in [9.17, 15) is 4.79 Å². The molecule has 0 radical (unpaired) electrons. The van der Waals surface area contributed by atoms with Crippen molar-refractivity contribution in [2.24, 2.45) is 0 Å². The van der Waals surface area contributed by atoms with Gasteiger partial charge in [0.2, 0.25) is 17.8 Å². The SMILES string of the molecule is C=CC(=O)Nc1ccc2nc(N3CCN(c4cc(-c5cnc(N)nc5)nc(N5CCOCC5)c4)CC3)[nH]c2c1. The highest BCUT2D eigenvalue weighted by atomic mass is 16.5. The van der Waals surface area contributed by atoms with Crippen LogP contribution in [-0.2, 0) is 9.53 Å². The summed E-state index contributed by atoms with van der Waals surface area (Å²) in [5, 5.41) is 2.79. The van der Waals surface area contributed by atoms with E-state index in [1.807, 2.05) is 18.2 Å². The second-order valence-corrected chi connectivity index (χ2v) is 9.46. The first-order chi connectivity index (χ1) is 19.1. The minimum Gasteiger partial charge on any atom is -0.378 e. The Morgan fingerprint density at radius 3 is 2.46 bits per heavy atom. The van der Waals surface area contributed by atoms with Crippen LogP contribution in [0.4, 0.5) is 29.1 Å². The van der Waals surface area contributed by atoms with E-state index in [-0.39, 0.29) is 11.9 Å². The smallest absolute Gasteiger partial charge is 0.247 e. The molecule has 0 aliphatic carbocycles. The van der Waals surface area contributed by atoms with Gasteiger partial charge in [-0.1, -0.05) is 6.58 Å². The van der Waals surface area contributed by atoms with Crippen LogP contribution in [0, 0.1) is 0 Å². The molecule has 2 aliphatic rings. The number of H-pyrrole nitrogens is 1. The summed E-state index contributed by atoms with van der Waals surface area (Å²) in [7, 11) is 0. The third-order valence-corrected chi connectivity index (χ3v) is 6.97. The van der Waals surface area contributed by atoms with E-state index < -0.39 is 0 Å². The summed E-state index contributed by atoms with van der Waals surface area (Å²) >= 11 is 0. The van der Waals surface area contributed by atoms with Gasteiger partial charge in [-0.2, -0.15) is 0 Å². The molecule has 3 aromatic heterocycles. The largest absolute Gasteiger partial charge is 0.378 e. The number of carbonyl (C=O) groups is 1. The molecular formula is C27H30N10O2. The van der Waals surface area contributed by atoms with Gasteiger partial charge in [-0.05, 0) is 30.3 Å². The number of hydrogen-bond donors (Lipinski definition) is 3. The number of nitrogens with zero attached hydrogens (tertiary/aromatic N) is 7. The molecule has 6 rings (SSSR count). The molecule has 2 aliphatic heterocycles. The number of benzene rings is 1. The average molecular weight is 527 g/mol. The van der Waals surface area contributed by atoms with Crippen LogP contribution in [0.5, 0.6) is 0 Å². The number of imidazole rings is 1. The molecule has 5 heterocycles. The maximum Gasteiger partial charge on any atom is 0.247 e. The Morgan fingerprint density at radius 2 is 1.72 bits per heavy atom. The van der Waals surface area contributed by atoms with Crippen molar-refractivity contribution in [2.45, 2.75) is 0 Å². The number of piperazine rings is 1. The quantitative estimate of drug-likeness (QED) is 0.320. The molecule has 4 aromatic rings. The number of hydrogen-bond acceptors (Lipinski definition) is 10. The number of pyridine rings is 1. The van der Waals surface area contributed by atoms with Crippen LogP contribution in [0.3, 0.4) is 0 Å². The minimum atomic E-state index is -0.245. The summed E-state index contributed by atoms with van der Waals surface area (Å²) in [6.07, 6.45) is 4.68. The van der Waals surface area contributed by atoms with Crippen molar-refractivity contribution < 1.29 is 9.53 Å². The third kappa shape index (κ3) is 5.32. The van der Waals surface area contributed by atoms with E-state index in [1.54, 1.807) is 12.4 Å². The molecule has 2 saturated heterocycles. The molecule has 12 heteroatoms. The van der Waals surface area contributed by atoms with E-state index in [0.29, 0.717) is 18.9 Å². The van der Waals surface area contributed by atoms with Crippen molar-refractivity contribution in [2.75, 3.05) is 78.2 Å². The topological polar surface area (TPSA) is 141 Å². The number of carbonyl (C=O) groups excluding carboxylic acids is 1. The zero-order chi connectivity index (χ0) is 26.8. The first-order valence-electron chi connectivity index (χ1n) is 12.9. The molecule has 4 N–H and O–H groups in total. The summed E-state index contributed by atoms with van der Waals surface area (Å²) < 4.78 is 5.55. The molecular weight excluding hydrogens is 496 g/mol. The number of anilines is 5. The Hall–Kier alpha value is -4.71. The minimum absolute atomic E-state index is 0.239. The predicted octanol–water partition coefficient (Wildman–Crippen LogP) is 2.28. The fourth-order valence-corrected chi connectivity index (χ4v) is 4.85. The van der Waals surface area contributed by atoms with Gasteiger partial charge in [-0.15, -0.1) is 0 Å². The van der Waals surface area contributed by atoms with Crippen molar-refractivity contribution in [3.63, 3.8) is 0 Å². The maximum atomic E-state index is 11.7. The Balaban J connectivity index is 1.21. The molecule has 200 valence electrons. The van der Waals surface area contributed by atoms with Gasteiger partial charge in [-0.25, -0.2) is 19.9 Å². The number of nitrogens with two attached hydrogens (primary N) is 1. The van der Waals surface area contributed by atoms with Crippen molar-refractivity contribution in [1.82, 2.24) is 24.9 Å². The summed E-state index contributed by atoms with van der Waals surface area (Å²) in [6, 6.07) is 9.87. The summed E-state index contributed by atoms with van der Waals surface area (Å²) in [5.74, 6) is 1.73. The molecule has 39 heavy (non-hydrogen) atoms. The zero-order valence-electron chi connectivity index (χ0n) is 21.5. The standard InChI is InChI=1S/C27H30N10O2/c1-2-25(38)31-19-3-4-21-23(13-19)34-27(33-21)37-7-5-35(6-8-37)20-14-22(18-16-29-26(28)30-17-18)32-24(15-20)36-9-11-39-12-10-36/h2-4,13-17H,1,5-12H2,(H,31,38)(H,33,34)(H2,28,29,30). The lowest BCUT2D eigenvalue weighted by Gasteiger charge is -2.37. The Labute approximate surface area is 225 Å². The van der Waals surface area contributed by atoms with Gasteiger partial charge in [-0.3, -0.25) is 4.79 Å². The van der Waals surface area contributed by atoms with Crippen molar-refractivity contribution >= 4 is 46.0 Å². The molecule has 0 unspecified atom stereocenters. The molecule has 0 bridgehead atoms. The Bertz CT molecular complexity index is 1490. The number of morpholine rings is 1. The zero-order valence-corrected chi connectivity index (χ0v) is 21.5. The normalized spacial score (nSPS) is 15.9. The van der Waals surface area contributed by atoms with E-state index >= 15 is 0 Å². The monoisotopic (exact) mass is 526 g/mol. The van der Waals surface area contributed by atoms with Gasteiger partial charge in [0.1, 0.15) is 5.82 Å². The lowest BCUT2D eigenvalue weighted by atomic mass is 10.1. The Morgan fingerprint density at radius 1 is 0.974 bits per heavy atom. The summed E-state index contributed by atoms with van der Waals surface area (Å²) in [6.45, 7) is 9.71. The van der Waals surface area contributed by atoms with E-state index in [4.69, 9.17) is 20.4 Å². The van der Waals surface area contributed by atoms with Gasteiger partial charge in [0, 0.05) is 74.7 Å². The fraction of sp³-hybridized carbons (Fsp3) is 0.296. The number of amides is 1. The molecule has 0 spiro atoms. The van der Waals surface area contributed by atoms with Gasteiger partial charge in [0.15, 0.2) is 0 Å². The first-order valence-corrected chi connectivity index (χ1v) is 12.9.